The van der Waals surface area contributed by atoms with Crippen molar-refractivity contribution in [2.45, 2.75) is 91.8 Å². The Kier molecular flexibility index (Phi) is 11.9. The summed E-state index contributed by atoms with van der Waals surface area (Å²) >= 11 is 0. The number of amides is 3. The second-order valence-corrected chi connectivity index (χ2v) is 9.94. The van der Waals surface area contributed by atoms with Gasteiger partial charge < -0.3 is 25.4 Å². The minimum atomic E-state index is -0.894. The zero-order valence-corrected chi connectivity index (χ0v) is 21.8. The van der Waals surface area contributed by atoms with E-state index in [0.717, 1.165) is 19.3 Å². The number of phenolic OH excluding ortho intramolecular Hbond substituents is 1. The summed E-state index contributed by atoms with van der Waals surface area (Å²) in [6.07, 6.45) is 2.60. The van der Waals surface area contributed by atoms with Gasteiger partial charge in [0.25, 0.3) is 0 Å². The number of benzene rings is 1. The summed E-state index contributed by atoms with van der Waals surface area (Å²) in [5.74, 6) is -0.455. The van der Waals surface area contributed by atoms with E-state index in [-0.39, 0.29) is 30.0 Å². The standard InChI is InChI=1S/C26H43N3O5/c1-8-10-11-16-27-23(31)22(19-12-14-20(30)15-13-19)29(9-2)24(32)21(17-18(3)4)28-25(33)34-26(5,6)7/h12-15,18,21-22,30H,8-11,16-17H2,1-7H3,(H,27,31)(H,28,33). The van der Waals surface area contributed by atoms with Gasteiger partial charge in [0.1, 0.15) is 23.4 Å². The summed E-state index contributed by atoms with van der Waals surface area (Å²) in [4.78, 5) is 40.9. The molecule has 0 saturated heterocycles. The van der Waals surface area contributed by atoms with Crippen LogP contribution in [0.3, 0.4) is 0 Å². The molecule has 3 amide bonds. The topological polar surface area (TPSA) is 108 Å². The number of ether oxygens (including phenoxy) is 1. The lowest BCUT2D eigenvalue weighted by Crippen LogP contribution is -2.53. The van der Waals surface area contributed by atoms with Crippen LogP contribution in [0.4, 0.5) is 4.79 Å². The molecule has 0 heterocycles. The molecule has 8 heteroatoms. The molecule has 192 valence electrons. The summed E-state index contributed by atoms with van der Waals surface area (Å²) < 4.78 is 5.37. The minimum Gasteiger partial charge on any atom is -0.508 e. The maximum atomic E-state index is 13.7. The van der Waals surface area contributed by atoms with Crippen LogP contribution >= 0.6 is 0 Å². The van der Waals surface area contributed by atoms with Gasteiger partial charge in [0.2, 0.25) is 11.8 Å². The van der Waals surface area contributed by atoms with Gasteiger partial charge in [0.15, 0.2) is 0 Å². The molecule has 0 aliphatic rings. The molecule has 34 heavy (non-hydrogen) atoms. The van der Waals surface area contributed by atoms with E-state index < -0.39 is 23.8 Å². The van der Waals surface area contributed by atoms with Gasteiger partial charge in [-0.25, -0.2) is 4.79 Å². The third-order valence-corrected chi connectivity index (χ3v) is 5.17. The van der Waals surface area contributed by atoms with Crippen molar-refractivity contribution in [2.75, 3.05) is 13.1 Å². The number of hydrogen-bond donors (Lipinski definition) is 3. The Morgan fingerprint density at radius 2 is 1.68 bits per heavy atom. The molecule has 1 rings (SSSR count). The Morgan fingerprint density at radius 1 is 1.06 bits per heavy atom. The largest absolute Gasteiger partial charge is 0.508 e. The second kappa shape index (κ2) is 13.8. The van der Waals surface area contributed by atoms with Crippen LogP contribution in [0, 0.1) is 5.92 Å². The third kappa shape index (κ3) is 10.0. The third-order valence-electron chi connectivity index (χ3n) is 5.17. The monoisotopic (exact) mass is 477 g/mol. The highest BCUT2D eigenvalue weighted by molar-refractivity contribution is 5.92. The molecule has 0 radical (unpaired) electrons. The van der Waals surface area contributed by atoms with Crippen molar-refractivity contribution >= 4 is 17.9 Å². The van der Waals surface area contributed by atoms with Crippen LogP contribution in [0.2, 0.25) is 0 Å². The zero-order chi connectivity index (χ0) is 25.9. The van der Waals surface area contributed by atoms with E-state index in [1.54, 1.807) is 39.8 Å². The number of carbonyl (C=O) groups excluding carboxylic acids is 3. The van der Waals surface area contributed by atoms with Gasteiger partial charge >= 0.3 is 6.09 Å². The molecular weight excluding hydrogens is 434 g/mol. The van der Waals surface area contributed by atoms with Crippen LogP contribution < -0.4 is 10.6 Å². The lowest BCUT2D eigenvalue weighted by molar-refractivity contribution is -0.142. The summed E-state index contributed by atoms with van der Waals surface area (Å²) in [5, 5.41) is 15.4. The van der Waals surface area contributed by atoms with Gasteiger partial charge in [-0.2, -0.15) is 0 Å². The first-order valence-corrected chi connectivity index (χ1v) is 12.3. The first-order valence-electron chi connectivity index (χ1n) is 12.3. The molecule has 0 bridgehead atoms. The van der Waals surface area contributed by atoms with Gasteiger partial charge in [-0.1, -0.05) is 45.7 Å². The molecule has 1 aromatic rings. The molecule has 8 nitrogen and oxygen atoms in total. The molecule has 3 N–H and O–H groups in total. The van der Waals surface area contributed by atoms with E-state index in [4.69, 9.17) is 4.74 Å². The van der Waals surface area contributed by atoms with Gasteiger partial charge in [-0.15, -0.1) is 0 Å². The van der Waals surface area contributed by atoms with Gasteiger partial charge in [-0.3, -0.25) is 9.59 Å². The molecule has 0 fully saturated rings. The van der Waals surface area contributed by atoms with E-state index in [1.165, 1.54) is 17.0 Å². The number of nitrogens with one attached hydrogen (secondary N) is 2. The number of hydrogen-bond acceptors (Lipinski definition) is 5. The highest BCUT2D eigenvalue weighted by Crippen LogP contribution is 2.25. The highest BCUT2D eigenvalue weighted by atomic mass is 16.6. The normalized spacial score (nSPS) is 13.2. The molecule has 0 aliphatic carbocycles. The average Bonchev–Trinajstić information content (AvgIpc) is 2.73. The fourth-order valence-corrected chi connectivity index (χ4v) is 3.62. The number of nitrogens with zero attached hydrogens (tertiary/aromatic N) is 1. The van der Waals surface area contributed by atoms with Crippen LogP contribution in [-0.2, 0) is 14.3 Å². The predicted octanol–water partition coefficient (Wildman–Crippen LogP) is 4.53. The van der Waals surface area contributed by atoms with E-state index in [1.807, 2.05) is 13.8 Å². The van der Waals surface area contributed by atoms with Crippen LogP contribution in [0.1, 0.15) is 85.8 Å². The van der Waals surface area contributed by atoms with Crippen molar-refractivity contribution in [1.29, 1.82) is 0 Å². The molecule has 1 aromatic carbocycles. The zero-order valence-electron chi connectivity index (χ0n) is 21.8. The summed E-state index contributed by atoms with van der Waals surface area (Å²) in [7, 11) is 0. The molecule has 0 aliphatic heterocycles. The number of likely N-dealkylation sites (N-methyl/N-ethyl adjacent to an activating group) is 1. The van der Waals surface area contributed by atoms with E-state index in [9.17, 15) is 19.5 Å². The maximum Gasteiger partial charge on any atom is 0.408 e. The van der Waals surface area contributed by atoms with Crippen molar-refractivity contribution in [3.63, 3.8) is 0 Å². The summed E-state index contributed by atoms with van der Waals surface area (Å²) in [5.41, 5.74) is -0.117. The van der Waals surface area contributed by atoms with Gasteiger partial charge in [0, 0.05) is 13.1 Å². The lowest BCUT2D eigenvalue weighted by atomic mass is 9.99. The van der Waals surface area contributed by atoms with Crippen LogP contribution in [0.25, 0.3) is 0 Å². The SMILES string of the molecule is CCCCCNC(=O)C(c1ccc(O)cc1)N(CC)C(=O)C(CC(C)C)NC(=O)OC(C)(C)C. The molecule has 2 unspecified atom stereocenters. The second-order valence-electron chi connectivity index (χ2n) is 9.94. The number of carbonyl (C=O) groups is 3. The highest BCUT2D eigenvalue weighted by Gasteiger charge is 2.35. The summed E-state index contributed by atoms with van der Waals surface area (Å²) in [6.45, 7) is 13.9. The summed E-state index contributed by atoms with van der Waals surface area (Å²) in [6, 6.07) is 4.53. The van der Waals surface area contributed by atoms with Gasteiger partial charge in [-0.05, 0) is 64.2 Å². The number of alkyl carbamates (subject to hydrolysis) is 1. The van der Waals surface area contributed by atoms with E-state index in [2.05, 4.69) is 17.6 Å². The Morgan fingerprint density at radius 3 is 2.18 bits per heavy atom. The Hall–Kier alpha value is -2.77. The van der Waals surface area contributed by atoms with Crippen molar-refractivity contribution < 1.29 is 24.2 Å². The number of aromatic hydroxyl groups is 1. The van der Waals surface area contributed by atoms with Crippen LogP contribution in [-0.4, -0.2) is 52.6 Å². The first kappa shape index (κ1) is 29.3. The fourth-order valence-electron chi connectivity index (χ4n) is 3.62. The van der Waals surface area contributed by atoms with Crippen LogP contribution in [0.5, 0.6) is 5.75 Å². The van der Waals surface area contributed by atoms with Crippen molar-refractivity contribution in [3.8, 4) is 5.75 Å². The molecule has 0 spiro atoms. The average molecular weight is 478 g/mol. The number of unbranched alkanes of at least 4 members (excludes halogenated alkanes) is 2. The van der Waals surface area contributed by atoms with Crippen molar-refractivity contribution in [3.05, 3.63) is 29.8 Å². The molecule has 0 saturated carbocycles. The van der Waals surface area contributed by atoms with Crippen molar-refractivity contribution in [1.82, 2.24) is 15.5 Å². The fraction of sp³-hybridized carbons (Fsp3) is 0.654. The van der Waals surface area contributed by atoms with E-state index >= 15 is 0 Å². The first-order chi connectivity index (χ1) is 15.9. The molecular formula is C26H43N3O5. The quantitative estimate of drug-likeness (QED) is 0.383. The molecule has 0 aromatic heterocycles. The van der Waals surface area contributed by atoms with E-state index in [0.29, 0.717) is 18.5 Å². The van der Waals surface area contributed by atoms with Crippen molar-refractivity contribution in [2.24, 2.45) is 5.92 Å². The Balaban J connectivity index is 3.25. The van der Waals surface area contributed by atoms with Gasteiger partial charge in [0.05, 0.1) is 0 Å². The smallest absolute Gasteiger partial charge is 0.408 e. The predicted molar refractivity (Wildman–Crippen MR) is 133 cm³/mol. The molecule has 2 atom stereocenters. The minimum absolute atomic E-state index is 0.0736. The number of phenols is 1. The Bertz CT molecular complexity index is 787. The van der Waals surface area contributed by atoms with Crippen LogP contribution in [0.15, 0.2) is 24.3 Å². The maximum absolute atomic E-state index is 13.7. The Labute approximate surface area is 204 Å². The number of rotatable bonds is 12. The lowest BCUT2D eigenvalue weighted by Gasteiger charge is -2.34.